The van der Waals surface area contributed by atoms with Gasteiger partial charge in [0.2, 0.25) is 5.28 Å². The van der Waals surface area contributed by atoms with E-state index in [0.29, 0.717) is 17.1 Å². The minimum atomic E-state index is -1.03. The Kier molecular flexibility index (Phi) is 2.06. The van der Waals surface area contributed by atoms with Crippen LogP contribution in [0.3, 0.4) is 0 Å². The number of aromatic nitrogens is 2. The average molecular weight is 223 g/mol. The Morgan fingerprint density at radius 2 is 2.08 bits per heavy atom. The molecule has 0 aromatic carbocycles. The minimum Gasteiger partial charge on any atom is -0.254 e. The second-order valence-corrected chi connectivity index (χ2v) is 4.56. The van der Waals surface area contributed by atoms with Gasteiger partial charge in [0.05, 0.1) is 21.4 Å². The lowest BCUT2D eigenvalue weighted by Gasteiger charge is -1.98. The molecule has 0 aliphatic carbocycles. The fourth-order valence-corrected chi connectivity index (χ4v) is 3.03. The molecule has 0 saturated heterocycles. The molecule has 1 aliphatic heterocycles. The van der Waals surface area contributed by atoms with Gasteiger partial charge >= 0.3 is 0 Å². The van der Waals surface area contributed by atoms with Crippen LogP contribution in [0.5, 0.6) is 0 Å². The number of halogens is 2. The van der Waals surface area contributed by atoms with Crippen LogP contribution in [0.1, 0.15) is 5.69 Å². The Labute approximate surface area is 81.6 Å². The van der Waals surface area contributed by atoms with Crippen LogP contribution in [0, 0.1) is 0 Å². The molecule has 0 N–H and O–H groups in total. The van der Waals surface area contributed by atoms with Gasteiger partial charge in [0.15, 0.2) is 0 Å². The molecule has 3 nitrogen and oxygen atoms in total. The van der Waals surface area contributed by atoms with E-state index < -0.39 is 10.8 Å². The lowest BCUT2D eigenvalue weighted by molar-refractivity contribution is 0.685. The van der Waals surface area contributed by atoms with Crippen molar-refractivity contribution in [1.29, 1.82) is 0 Å². The zero-order valence-corrected chi connectivity index (χ0v) is 8.21. The van der Waals surface area contributed by atoms with E-state index >= 15 is 0 Å². The fraction of sp³-hybridized carbons (Fsp3) is 0.333. The summed E-state index contributed by atoms with van der Waals surface area (Å²) in [6.07, 6.45) is 0.671. The molecule has 2 rings (SSSR count). The van der Waals surface area contributed by atoms with Gasteiger partial charge < -0.3 is 0 Å². The first-order chi connectivity index (χ1) is 5.68. The normalized spacial score (nSPS) is 21.0. The molecule has 0 bridgehead atoms. The molecule has 1 unspecified atom stereocenters. The highest BCUT2D eigenvalue weighted by atomic mass is 35.5. The zero-order valence-electron chi connectivity index (χ0n) is 5.88. The monoisotopic (exact) mass is 222 g/mol. The molecule has 0 saturated carbocycles. The zero-order chi connectivity index (χ0) is 8.72. The summed E-state index contributed by atoms with van der Waals surface area (Å²) in [5.74, 6) is 0.573. The van der Waals surface area contributed by atoms with E-state index in [-0.39, 0.29) is 10.4 Å². The number of aryl methyl sites for hydroxylation is 1. The topological polar surface area (TPSA) is 42.9 Å². The molecule has 1 atom stereocenters. The molecule has 2 heterocycles. The highest BCUT2D eigenvalue weighted by Gasteiger charge is 2.24. The van der Waals surface area contributed by atoms with Crippen molar-refractivity contribution >= 4 is 34.0 Å². The van der Waals surface area contributed by atoms with Crippen molar-refractivity contribution < 1.29 is 4.21 Å². The highest BCUT2D eigenvalue weighted by Crippen LogP contribution is 2.27. The summed E-state index contributed by atoms with van der Waals surface area (Å²) in [7, 11) is -1.03. The Balaban J connectivity index is 2.68. The first-order valence-electron chi connectivity index (χ1n) is 3.29. The van der Waals surface area contributed by atoms with Gasteiger partial charge in [-0.2, -0.15) is 0 Å². The van der Waals surface area contributed by atoms with E-state index in [4.69, 9.17) is 23.2 Å². The number of nitrogens with zero attached hydrogens (tertiary/aromatic N) is 2. The second-order valence-electron chi connectivity index (χ2n) is 2.36. The maximum atomic E-state index is 11.3. The van der Waals surface area contributed by atoms with Crippen LogP contribution >= 0.6 is 23.2 Å². The molecule has 1 aliphatic rings. The Morgan fingerprint density at radius 3 is 2.83 bits per heavy atom. The van der Waals surface area contributed by atoms with E-state index in [1.807, 2.05) is 0 Å². The Hall–Kier alpha value is -0.190. The number of fused-ring (bicyclic) bond motifs is 1. The van der Waals surface area contributed by atoms with Gasteiger partial charge in [-0.25, -0.2) is 9.97 Å². The quantitative estimate of drug-likeness (QED) is 0.493. The summed E-state index contributed by atoms with van der Waals surface area (Å²) >= 11 is 11.3. The summed E-state index contributed by atoms with van der Waals surface area (Å²) in [4.78, 5) is 8.22. The van der Waals surface area contributed by atoms with Gasteiger partial charge in [-0.1, -0.05) is 11.6 Å². The second kappa shape index (κ2) is 2.94. The van der Waals surface area contributed by atoms with Crippen molar-refractivity contribution in [1.82, 2.24) is 9.97 Å². The standard InChI is InChI=1S/C6H4Cl2N2OS/c7-5-4-3(1-2-12(4)11)9-6(8)10-5/h1-2H2. The molecule has 12 heavy (non-hydrogen) atoms. The summed E-state index contributed by atoms with van der Waals surface area (Å²) in [6, 6.07) is 0. The Morgan fingerprint density at radius 1 is 1.33 bits per heavy atom. The van der Waals surface area contributed by atoms with Crippen molar-refractivity contribution in [3.8, 4) is 0 Å². The maximum Gasteiger partial charge on any atom is 0.224 e. The maximum absolute atomic E-state index is 11.3. The van der Waals surface area contributed by atoms with Crippen LogP contribution < -0.4 is 0 Å². The first-order valence-corrected chi connectivity index (χ1v) is 5.36. The first kappa shape index (κ1) is 8.41. The van der Waals surface area contributed by atoms with E-state index in [1.165, 1.54) is 0 Å². The predicted octanol–water partition coefficient (Wildman–Crippen LogP) is 1.45. The van der Waals surface area contributed by atoms with Crippen LogP contribution in [0.15, 0.2) is 4.90 Å². The molecule has 64 valence electrons. The molecular weight excluding hydrogens is 219 g/mol. The third kappa shape index (κ3) is 1.24. The molecule has 0 fully saturated rings. The van der Waals surface area contributed by atoms with Gasteiger partial charge in [0.1, 0.15) is 5.15 Å². The molecular formula is C6H4Cl2N2OS. The van der Waals surface area contributed by atoms with E-state index in [1.54, 1.807) is 0 Å². The third-order valence-electron chi connectivity index (χ3n) is 1.62. The van der Waals surface area contributed by atoms with Crippen molar-refractivity contribution in [3.63, 3.8) is 0 Å². The summed E-state index contributed by atoms with van der Waals surface area (Å²) in [5, 5.41) is 0.346. The number of hydrogen-bond acceptors (Lipinski definition) is 3. The van der Waals surface area contributed by atoms with Crippen molar-refractivity contribution in [3.05, 3.63) is 16.1 Å². The largest absolute Gasteiger partial charge is 0.254 e. The van der Waals surface area contributed by atoms with E-state index in [9.17, 15) is 4.21 Å². The lowest BCUT2D eigenvalue weighted by atomic mass is 10.3. The molecule has 0 spiro atoms. The number of hydrogen-bond donors (Lipinski definition) is 0. The van der Waals surface area contributed by atoms with Crippen LogP contribution in [-0.4, -0.2) is 19.9 Å². The molecule has 1 aromatic rings. The van der Waals surface area contributed by atoms with Gasteiger partial charge in [-0.3, -0.25) is 4.21 Å². The van der Waals surface area contributed by atoms with E-state index in [2.05, 4.69) is 9.97 Å². The van der Waals surface area contributed by atoms with Gasteiger partial charge in [-0.15, -0.1) is 0 Å². The molecule has 1 aromatic heterocycles. The smallest absolute Gasteiger partial charge is 0.224 e. The molecule has 0 radical (unpaired) electrons. The lowest BCUT2D eigenvalue weighted by Crippen LogP contribution is -1.94. The SMILES string of the molecule is O=S1CCc2nc(Cl)nc(Cl)c21. The van der Waals surface area contributed by atoms with Crippen molar-refractivity contribution in [2.45, 2.75) is 11.3 Å². The predicted molar refractivity (Wildman–Crippen MR) is 47.0 cm³/mol. The highest BCUT2D eigenvalue weighted by molar-refractivity contribution is 7.85. The van der Waals surface area contributed by atoms with Crippen molar-refractivity contribution in [2.24, 2.45) is 0 Å². The molecule has 0 amide bonds. The summed E-state index contributed by atoms with van der Waals surface area (Å²) in [5.41, 5.74) is 0.721. The summed E-state index contributed by atoms with van der Waals surface area (Å²) < 4.78 is 11.3. The fourth-order valence-electron chi connectivity index (χ4n) is 1.12. The van der Waals surface area contributed by atoms with Crippen LogP contribution in [0.2, 0.25) is 10.4 Å². The van der Waals surface area contributed by atoms with Crippen LogP contribution in [-0.2, 0) is 17.2 Å². The van der Waals surface area contributed by atoms with Crippen LogP contribution in [0.4, 0.5) is 0 Å². The van der Waals surface area contributed by atoms with E-state index in [0.717, 1.165) is 5.69 Å². The average Bonchev–Trinajstić information content (AvgIpc) is 2.31. The van der Waals surface area contributed by atoms with Gasteiger partial charge in [-0.05, 0) is 11.6 Å². The minimum absolute atomic E-state index is 0.123. The van der Waals surface area contributed by atoms with Crippen molar-refractivity contribution in [2.75, 3.05) is 5.75 Å². The Bertz CT molecular complexity index is 369. The third-order valence-corrected chi connectivity index (χ3v) is 3.63. The number of rotatable bonds is 0. The molecule has 6 heteroatoms. The summed E-state index contributed by atoms with van der Waals surface area (Å²) in [6.45, 7) is 0. The van der Waals surface area contributed by atoms with Gasteiger partial charge in [0.25, 0.3) is 0 Å². The van der Waals surface area contributed by atoms with Crippen LogP contribution in [0.25, 0.3) is 0 Å². The van der Waals surface area contributed by atoms with Gasteiger partial charge in [0, 0.05) is 12.2 Å².